The van der Waals surface area contributed by atoms with Crippen LogP contribution in [0.5, 0.6) is 0 Å². The minimum absolute atomic E-state index is 0.270. The van der Waals surface area contributed by atoms with Crippen molar-refractivity contribution in [3.05, 3.63) is 33.1 Å². The summed E-state index contributed by atoms with van der Waals surface area (Å²) >= 11 is 2.02. The van der Waals surface area contributed by atoms with Crippen molar-refractivity contribution >= 4 is 34.6 Å². The van der Waals surface area contributed by atoms with Gasteiger partial charge in [0.15, 0.2) is 0 Å². The summed E-state index contributed by atoms with van der Waals surface area (Å²) in [5, 5.41) is 2.85. The Balaban J connectivity index is 1.81. The summed E-state index contributed by atoms with van der Waals surface area (Å²) in [6, 6.07) is 4.18. The molecule has 26 heavy (non-hydrogen) atoms. The molecule has 0 bridgehead atoms. The summed E-state index contributed by atoms with van der Waals surface area (Å²) < 4.78 is 19.5. The van der Waals surface area contributed by atoms with Gasteiger partial charge in [0.1, 0.15) is 11.4 Å². The molecule has 2 rings (SSSR count). The number of hydrogen-bond acceptors (Lipinski definition) is 3. The second kappa shape index (κ2) is 9.01. The Bertz CT molecular complexity index is 661. The Kier molecular flexibility index (Phi) is 7.25. The third-order valence-electron chi connectivity index (χ3n) is 4.18. The Morgan fingerprint density at radius 3 is 2.81 bits per heavy atom. The molecule has 1 N–H and O–H groups in total. The van der Waals surface area contributed by atoms with Gasteiger partial charge < -0.3 is 15.0 Å². The third-order valence-corrected chi connectivity index (χ3v) is 5.12. The van der Waals surface area contributed by atoms with Gasteiger partial charge >= 0.3 is 6.09 Å². The van der Waals surface area contributed by atoms with Crippen molar-refractivity contribution in [2.75, 3.05) is 19.6 Å². The predicted molar refractivity (Wildman–Crippen MR) is 107 cm³/mol. The number of carbonyl (C=O) groups is 2. The molecule has 1 unspecified atom stereocenters. The van der Waals surface area contributed by atoms with Crippen LogP contribution in [0.4, 0.5) is 9.18 Å². The maximum Gasteiger partial charge on any atom is 0.410 e. The Hall–Kier alpha value is -1.38. The Labute approximate surface area is 167 Å². The molecule has 1 aromatic carbocycles. The van der Waals surface area contributed by atoms with Crippen molar-refractivity contribution in [1.82, 2.24) is 10.2 Å². The Morgan fingerprint density at radius 1 is 1.38 bits per heavy atom. The van der Waals surface area contributed by atoms with E-state index in [-0.39, 0.29) is 12.0 Å². The van der Waals surface area contributed by atoms with Gasteiger partial charge in [0.2, 0.25) is 0 Å². The number of ether oxygens (including phenoxy) is 1. The van der Waals surface area contributed by atoms with Crippen molar-refractivity contribution in [2.45, 2.75) is 45.6 Å². The topological polar surface area (TPSA) is 58.6 Å². The van der Waals surface area contributed by atoms with Crippen molar-refractivity contribution in [2.24, 2.45) is 5.92 Å². The Morgan fingerprint density at radius 2 is 2.12 bits per heavy atom. The molecule has 5 nitrogen and oxygen atoms in total. The van der Waals surface area contributed by atoms with E-state index in [9.17, 15) is 14.0 Å². The number of nitrogens with one attached hydrogen (secondary N) is 1. The van der Waals surface area contributed by atoms with Crippen molar-refractivity contribution in [3.63, 3.8) is 0 Å². The summed E-state index contributed by atoms with van der Waals surface area (Å²) in [5.74, 6) is -0.368. The summed E-state index contributed by atoms with van der Waals surface area (Å²) in [7, 11) is 0. The third kappa shape index (κ3) is 6.41. The average molecular weight is 476 g/mol. The fourth-order valence-electron chi connectivity index (χ4n) is 2.95. The van der Waals surface area contributed by atoms with E-state index in [2.05, 4.69) is 5.32 Å². The van der Waals surface area contributed by atoms with E-state index in [1.54, 1.807) is 11.0 Å². The zero-order valence-electron chi connectivity index (χ0n) is 15.5. The molecule has 1 aliphatic heterocycles. The van der Waals surface area contributed by atoms with Gasteiger partial charge in [-0.2, -0.15) is 0 Å². The molecule has 144 valence electrons. The molecule has 2 amide bonds. The number of amides is 2. The smallest absolute Gasteiger partial charge is 0.410 e. The van der Waals surface area contributed by atoms with Crippen molar-refractivity contribution in [1.29, 1.82) is 0 Å². The highest BCUT2D eigenvalue weighted by Crippen LogP contribution is 2.21. The molecule has 7 heteroatoms. The summed E-state index contributed by atoms with van der Waals surface area (Å²) in [6.07, 6.45) is 2.45. The van der Waals surface area contributed by atoms with E-state index in [0.717, 1.165) is 22.8 Å². The van der Waals surface area contributed by atoms with Gasteiger partial charge in [-0.05, 0) is 86.7 Å². The number of rotatable bonds is 4. The number of halogens is 2. The molecule has 1 heterocycles. The maximum atomic E-state index is 13.3. The van der Waals surface area contributed by atoms with Crippen molar-refractivity contribution < 1.29 is 18.7 Å². The normalized spacial score (nSPS) is 17.7. The molecule has 1 aromatic rings. The van der Waals surface area contributed by atoms with Gasteiger partial charge in [0.25, 0.3) is 5.91 Å². The number of likely N-dealkylation sites (tertiary alicyclic amines) is 1. The van der Waals surface area contributed by atoms with Crippen LogP contribution in [0.3, 0.4) is 0 Å². The number of hydrogen-bond donors (Lipinski definition) is 1. The van der Waals surface area contributed by atoms with E-state index >= 15 is 0 Å². The second-order valence-corrected chi connectivity index (χ2v) is 8.77. The minimum Gasteiger partial charge on any atom is -0.444 e. The molecule has 1 aliphatic rings. The largest absolute Gasteiger partial charge is 0.444 e. The fourth-order valence-corrected chi connectivity index (χ4v) is 3.53. The standard InChI is InChI=1S/C19H26FIN2O3/c1-19(2,3)26-18(25)23-10-4-5-13(12-23)8-9-22-17(24)15-11-14(20)6-7-16(15)21/h6-7,11,13H,4-5,8-10,12H2,1-3H3,(H,22,24). The van der Waals surface area contributed by atoms with Gasteiger partial charge in [-0.15, -0.1) is 0 Å². The van der Waals surface area contributed by atoms with Crippen LogP contribution in [0.1, 0.15) is 50.4 Å². The zero-order chi connectivity index (χ0) is 19.3. The summed E-state index contributed by atoms with van der Waals surface area (Å²) in [6.45, 7) is 7.42. The van der Waals surface area contributed by atoms with Crippen LogP contribution in [-0.2, 0) is 4.74 Å². The first kappa shape index (κ1) is 20.9. The maximum absolute atomic E-state index is 13.3. The average Bonchev–Trinajstić information content (AvgIpc) is 2.55. The van der Waals surface area contributed by atoms with E-state index in [1.807, 2.05) is 43.4 Å². The second-order valence-electron chi connectivity index (χ2n) is 7.60. The molecular formula is C19H26FIN2O3. The lowest BCUT2D eigenvalue weighted by molar-refractivity contribution is 0.0161. The molecule has 1 fully saturated rings. The van der Waals surface area contributed by atoms with Crippen LogP contribution in [0.15, 0.2) is 18.2 Å². The monoisotopic (exact) mass is 476 g/mol. The summed E-state index contributed by atoms with van der Waals surface area (Å²) in [4.78, 5) is 26.2. The first-order valence-electron chi connectivity index (χ1n) is 8.87. The number of nitrogens with zero attached hydrogens (tertiary/aromatic N) is 1. The van der Waals surface area contributed by atoms with E-state index in [4.69, 9.17) is 4.74 Å². The van der Waals surface area contributed by atoms with Gasteiger partial charge in [-0.1, -0.05) is 0 Å². The summed E-state index contributed by atoms with van der Waals surface area (Å²) in [5.41, 5.74) is -0.148. The molecule has 0 saturated carbocycles. The highest BCUT2D eigenvalue weighted by molar-refractivity contribution is 14.1. The van der Waals surface area contributed by atoms with E-state index in [0.29, 0.717) is 31.1 Å². The van der Waals surface area contributed by atoms with Gasteiger partial charge in [0, 0.05) is 23.2 Å². The van der Waals surface area contributed by atoms with E-state index in [1.165, 1.54) is 12.1 Å². The molecule has 1 saturated heterocycles. The molecular weight excluding hydrogens is 450 g/mol. The molecule has 0 spiro atoms. The lowest BCUT2D eigenvalue weighted by Crippen LogP contribution is -2.43. The lowest BCUT2D eigenvalue weighted by Gasteiger charge is -2.34. The van der Waals surface area contributed by atoms with Crippen LogP contribution in [0.25, 0.3) is 0 Å². The quantitative estimate of drug-likeness (QED) is 0.663. The molecule has 0 aliphatic carbocycles. The van der Waals surface area contributed by atoms with Gasteiger partial charge in [-0.25, -0.2) is 9.18 Å². The minimum atomic E-state index is -0.500. The van der Waals surface area contributed by atoms with Crippen LogP contribution >= 0.6 is 22.6 Å². The van der Waals surface area contributed by atoms with E-state index < -0.39 is 11.4 Å². The highest BCUT2D eigenvalue weighted by Gasteiger charge is 2.27. The first-order valence-corrected chi connectivity index (χ1v) is 9.95. The molecule has 0 radical (unpaired) electrons. The van der Waals surface area contributed by atoms with Gasteiger partial charge in [0.05, 0.1) is 5.56 Å². The molecule has 0 aromatic heterocycles. The number of piperidine rings is 1. The SMILES string of the molecule is CC(C)(C)OC(=O)N1CCCC(CCNC(=O)c2cc(F)ccc2I)C1. The van der Waals surface area contributed by atoms with Crippen LogP contribution in [0.2, 0.25) is 0 Å². The van der Waals surface area contributed by atoms with Crippen LogP contribution in [-0.4, -0.2) is 42.1 Å². The predicted octanol–water partition coefficient (Wildman–Crippen LogP) is 4.20. The van der Waals surface area contributed by atoms with Crippen LogP contribution < -0.4 is 5.32 Å². The molecule has 1 atom stereocenters. The fraction of sp³-hybridized carbons (Fsp3) is 0.579. The van der Waals surface area contributed by atoms with Gasteiger partial charge in [-0.3, -0.25) is 4.79 Å². The number of carbonyl (C=O) groups excluding carboxylic acids is 2. The lowest BCUT2D eigenvalue weighted by atomic mass is 9.95. The van der Waals surface area contributed by atoms with Crippen molar-refractivity contribution in [3.8, 4) is 0 Å². The number of benzene rings is 1. The highest BCUT2D eigenvalue weighted by atomic mass is 127. The first-order chi connectivity index (χ1) is 12.2. The van der Waals surface area contributed by atoms with Crippen LogP contribution in [0, 0.1) is 15.3 Å². The zero-order valence-corrected chi connectivity index (χ0v) is 17.6.